The topological polar surface area (TPSA) is 104 Å². The number of hydrogen-bond acceptors (Lipinski definition) is 3. The monoisotopic (exact) mass is 407 g/mol. The van der Waals surface area contributed by atoms with Crippen molar-refractivity contribution < 1.29 is 24.6 Å². The Labute approximate surface area is 236 Å². The number of carboxylic acids is 2. The second-order valence-corrected chi connectivity index (χ2v) is 5.97. The van der Waals surface area contributed by atoms with E-state index in [0.717, 1.165) is 19.3 Å². The Morgan fingerprint density at radius 2 is 1.28 bits per heavy atom. The predicted molar refractivity (Wildman–Crippen MR) is 99.8 cm³/mol. The molecular formula is C17H31K2NO5. The van der Waals surface area contributed by atoms with Crippen LogP contribution in [0.25, 0.3) is 0 Å². The Bertz CT molecular complexity index is 367. The van der Waals surface area contributed by atoms with Crippen LogP contribution in [0.3, 0.4) is 0 Å². The molecule has 0 rings (SSSR count). The molecule has 0 fully saturated rings. The first-order valence-corrected chi connectivity index (χ1v) is 8.71. The van der Waals surface area contributed by atoms with Gasteiger partial charge in [-0.05, 0) is 12.8 Å². The van der Waals surface area contributed by atoms with E-state index in [2.05, 4.69) is 12.2 Å². The first kappa shape index (κ1) is 31.4. The van der Waals surface area contributed by atoms with E-state index in [4.69, 9.17) is 10.2 Å². The van der Waals surface area contributed by atoms with Crippen LogP contribution < -0.4 is 5.32 Å². The average molecular weight is 408 g/mol. The van der Waals surface area contributed by atoms with Gasteiger partial charge in [0.2, 0.25) is 5.91 Å². The summed E-state index contributed by atoms with van der Waals surface area (Å²) in [6, 6.07) is -1.11. The molecule has 0 aliphatic rings. The van der Waals surface area contributed by atoms with E-state index in [9.17, 15) is 14.4 Å². The molecule has 25 heavy (non-hydrogen) atoms. The molecule has 6 nitrogen and oxygen atoms in total. The summed E-state index contributed by atoms with van der Waals surface area (Å²) in [5, 5.41) is 19.9. The van der Waals surface area contributed by atoms with E-state index in [0.29, 0.717) is 6.42 Å². The van der Waals surface area contributed by atoms with Crippen molar-refractivity contribution in [3.63, 3.8) is 0 Å². The Hall–Kier alpha value is 1.68. The number of rotatable bonds is 15. The summed E-state index contributed by atoms with van der Waals surface area (Å²) in [7, 11) is 0. The van der Waals surface area contributed by atoms with E-state index >= 15 is 0 Å². The Kier molecular flexibility index (Phi) is 27.6. The molecule has 0 aliphatic carbocycles. The van der Waals surface area contributed by atoms with Gasteiger partial charge in [-0.25, -0.2) is 4.79 Å². The standard InChI is InChI=1S/C17H31NO5.2K/c1-2-3-4-5-6-7-8-9-10-11-15(19)18-14(17(22)23)12-13-16(20)21;;/h14H,2-13H2,1H3,(H,18,19)(H,20,21)(H,22,23);;/t14-;;/m0../s1. The molecule has 0 saturated heterocycles. The first-order valence-electron chi connectivity index (χ1n) is 8.71. The Balaban J connectivity index is -0.00000242. The second kappa shape index (κ2) is 22.0. The molecular weight excluding hydrogens is 376 g/mol. The third-order valence-corrected chi connectivity index (χ3v) is 3.79. The average Bonchev–Trinajstić information content (AvgIpc) is 2.49. The summed E-state index contributed by atoms with van der Waals surface area (Å²) < 4.78 is 0. The third kappa shape index (κ3) is 21.8. The van der Waals surface area contributed by atoms with Crippen molar-refractivity contribution in [1.29, 1.82) is 0 Å². The van der Waals surface area contributed by atoms with Crippen LogP contribution in [0.2, 0.25) is 0 Å². The molecule has 0 heterocycles. The minimum atomic E-state index is -1.19. The minimum absolute atomic E-state index is 0. The molecule has 0 unspecified atom stereocenters. The number of hydrogen-bond donors (Lipinski definition) is 3. The zero-order valence-electron chi connectivity index (χ0n) is 16.2. The summed E-state index contributed by atoms with van der Waals surface area (Å²) in [5.74, 6) is -2.57. The van der Waals surface area contributed by atoms with Crippen LogP contribution in [-0.2, 0) is 14.4 Å². The van der Waals surface area contributed by atoms with Crippen LogP contribution >= 0.6 is 0 Å². The molecule has 0 aromatic heterocycles. The van der Waals surface area contributed by atoms with Crippen LogP contribution in [0.1, 0.15) is 84.0 Å². The second-order valence-electron chi connectivity index (χ2n) is 5.97. The largest absolute Gasteiger partial charge is 0.481 e. The van der Waals surface area contributed by atoms with E-state index in [-0.39, 0.29) is 122 Å². The molecule has 0 aromatic carbocycles. The van der Waals surface area contributed by atoms with Gasteiger partial charge in [0.1, 0.15) is 6.04 Å². The van der Waals surface area contributed by atoms with Gasteiger partial charge in [-0.2, -0.15) is 0 Å². The van der Waals surface area contributed by atoms with Crippen molar-refractivity contribution in [2.45, 2.75) is 90.0 Å². The summed E-state index contributed by atoms with van der Waals surface area (Å²) in [5.41, 5.74) is 0. The molecule has 1 amide bonds. The smallest absolute Gasteiger partial charge is 0.326 e. The fourth-order valence-electron chi connectivity index (χ4n) is 2.39. The van der Waals surface area contributed by atoms with Crippen molar-refractivity contribution in [2.24, 2.45) is 0 Å². The van der Waals surface area contributed by atoms with E-state index < -0.39 is 18.0 Å². The quantitative estimate of drug-likeness (QED) is 0.286. The van der Waals surface area contributed by atoms with Crippen molar-refractivity contribution in [3.05, 3.63) is 0 Å². The van der Waals surface area contributed by atoms with Crippen LogP contribution in [0.4, 0.5) is 0 Å². The zero-order chi connectivity index (χ0) is 17.5. The molecule has 0 aliphatic heterocycles. The molecule has 8 heteroatoms. The number of carboxylic acid groups (broad SMARTS) is 2. The van der Waals surface area contributed by atoms with Gasteiger partial charge in [0.05, 0.1) is 0 Å². The molecule has 1 atom stereocenters. The predicted octanol–water partition coefficient (Wildman–Crippen LogP) is 2.58. The fourth-order valence-corrected chi connectivity index (χ4v) is 2.39. The minimum Gasteiger partial charge on any atom is -0.481 e. The normalized spacial score (nSPS) is 10.9. The molecule has 2 radical (unpaired) electrons. The summed E-state index contributed by atoms with van der Waals surface area (Å²) in [4.78, 5) is 33.1. The van der Waals surface area contributed by atoms with Gasteiger partial charge in [-0.15, -0.1) is 0 Å². The van der Waals surface area contributed by atoms with Crippen LogP contribution in [0.15, 0.2) is 0 Å². The van der Waals surface area contributed by atoms with Crippen molar-refractivity contribution in [1.82, 2.24) is 5.32 Å². The van der Waals surface area contributed by atoms with Gasteiger partial charge in [0.15, 0.2) is 0 Å². The summed E-state index contributed by atoms with van der Waals surface area (Å²) in [6.45, 7) is 2.20. The molecule has 0 spiro atoms. The maximum atomic E-state index is 11.7. The number of nitrogens with one attached hydrogen (secondary N) is 1. The van der Waals surface area contributed by atoms with Gasteiger partial charge < -0.3 is 15.5 Å². The molecule has 0 bridgehead atoms. The van der Waals surface area contributed by atoms with Gasteiger partial charge in [-0.3, -0.25) is 9.59 Å². The Morgan fingerprint density at radius 3 is 1.72 bits per heavy atom. The fraction of sp³-hybridized carbons (Fsp3) is 0.824. The third-order valence-electron chi connectivity index (χ3n) is 3.79. The SMILES string of the molecule is CCCCCCCCCCCC(=O)N[C@@H](CCC(=O)O)C(=O)O.[K].[K]. The summed E-state index contributed by atoms with van der Waals surface area (Å²) >= 11 is 0. The number of carbonyl (C=O) groups is 3. The van der Waals surface area contributed by atoms with Gasteiger partial charge >= 0.3 is 11.9 Å². The van der Waals surface area contributed by atoms with Gasteiger partial charge in [-0.1, -0.05) is 58.3 Å². The summed E-state index contributed by atoms with van der Waals surface area (Å²) in [6.07, 6.45) is 10.3. The first-order chi connectivity index (χ1) is 11.0. The van der Waals surface area contributed by atoms with Crippen molar-refractivity contribution in [2.75, 3.05) is 0 Å². The van der Waals surface area contributed by atoms with Gasteiger partial charge in [0.25, 0.3) is 0 Å². The maximum Gasteiger partial charge on any atom is 0.326 e. The van der Waals surface area contributed by atoms with Crippen LogP contribution in [0, 0.1) is 0 Å². The molecule has 0 saturated carbocycles. The van der Waals surface area contributed by atoms with E-state index in [1.165, 1.54) is 38.5 Å². The van der Waals surface area contributed by atoms with E-state index in [1.54, 1.807) is 0 Å². The van der Waals surface area contributed by atoms with Crippen LogP contribution in [-0.4, -0.2) is 137 Å². The molecule has 0 aromatic rings. The maximum absolute atomic E-state index is 11.7. The number of carbonyl (C=O) groups excluding carboxylic acids is 1. The number of amides is 1. The van der Waals surface area contributed by atoms with Crippen molar-refractivity contribution in [3.8, 4) is 0 Å². The Morgan fingerprint density at radius 1 is 0.800 bits per heavy atom. The number of unbranched alkanes of at least 4 members (excludes halogenated alkanes) is 8. The molecule has 3 N–H and O–H groups in total. The van der Waals surface area contributed by atoms with Crippen molar-refractivity contribution >= 4 is 121 Å². The zero-order valence-corrected chi connectivity index (χ0v) is 22.4. The molecule has 136 valence electrons. The number of aliphatic carboxylic acids is 2. The van der Waals surface area contributed by atoms with E-state index in [1.807, 2.05) is 0 Å². The van der Waals surface area contributed by atoms with Gasteiger partial charge in [0, 0.05) is 116 Å². The van der Waals surface area contributed by atoms with Crippen LogP contribution in [0.5, 0.6) is 0 Å².